The van der Waals surface area contributed by atoms with Crippen LogP contribution in [0.15, 0.2) is 42.5 Å². The van der Waals surface area contributed by atoms with E-state index in [2.05, 4.69) is 5.32 Å². The fourth-order valence-electron chi connectivity index (χ4n) is 2.66. The molecular formula is C21H21NO6. The number of carbonyl (C=O) groups excluding carboxylic acids is 3. The highest BCUT2D eigenvalue weighted by Gasteiger charge is 2.17. The molecule has 7 nitrogen and oxygen atoms in total. The third-order valence-electron chi connectivity index (χ3n) is 4.08. The number of anilines is 1. The molecule has 0 unspecified atom stereocenters. The highest BCUT2D eigenvalue weighted by Crippen LogP contribution is 2.30. The summed E-state index contributed by atoms with van der Waals surface area (Å²) in [5, 5.41) is 2.75. The lowest BCUT2D eigenvalue weighted by Crippen LogP contribution is -2.17. The Kier molecular flexibility index (Phi) is 6.26. The summed E-state index contributed by atoms with van der Waals surface area (Å²) < 4.78 is 15.9. The van der Waals surface area contributed by atoms with Crippen LogP contribution in [0.25, 0.3) is 0 Å². The number of carbonyl (C=O) groups is 3. The van der Waals surface area contributed by atoms with Crippen molar-refractivity contribution in [2.24, 2.45) is 0 Å². The summed E-state index contributed by atoms with van der Waals surface area (Å²) in [6.07, 6.45) is 1.20. The molecule has 0 bridgehead atoms. The normalized spacial score (nSPS) is 12.2. The van der Waals surface area contributed by atoms with E-state index < -0.39 is 5.97 Å². The van der Waals surface area contributed by atoms with Crippen molar-refractivity contribution in [3.8, 4) is 11.5 Å². The summed E-state index contributed by atoms with van der Waals surface area (Å²) in [6, 6.07) is 11.2. The van der Waals surface area contributed by atoms with Gasteiger partial charge in [0.2, 0.25) is 5.91 Å². The molecule has 0 aliphatic carbocycles. The quantitative estimate of drug-likeness (QED) is 0.583. The maximum Gasteiger partial charge on any atom is 0.338 e. The molecule has 0 saturated heterocycles. The molecule has 28 heavy (non-hydrogen) atoms. The molecule has 0 radical (unpaired) electrons. The zero-order valence-corrected chi connectivity index (χ0v) is 15.5. The summed E-state index contributed by atoms with van der Waals surface area (Å²) in [4.78, 5) is 36.0. The number of ether oxygens (including phenoxy) is 3. The van der Waals surface area contributed by atoms with Crippen LogP contribution in [0.1, 0.15) is 40.5 Å². The van der Waals surface area contributed by atoms with E-state index in [1.54, 1.807) is 36.4 Å². The van der Waals surface area contributed by atoms with Crippen LogP contribution in [0, 0.1) is 0 Å². The molecule has 1 amide bonds. The molecule has 0 saturated carbocycles. The molecule has 1 heterocycles. The average molecular weight is 383 g/mol. The first kappa shape index (κ1) is 19.4. The van der Waals surface area contributed by atoms with Crippen LogP contribution in [-0.2, 0) is 9.53 Å². The minimum atomic E-state index is -0.617. The molecule has 2 aromatic rings. The topological polar surface area (TPSA) is 90.9 Å². The summed E-state index contributed by atoms with van der Waals surface area (Å²) >= 11 is 0. The van der Waals surface area contributed by atoms with Crippen LogP contribution in [-0.4, -0.2) is 37.5 Å². The fourth-order valence-corrected chi connectivity index (χ4v) is 2.66. The van der Waals surface area contributed by atoms with E-state index in [9.17, 15) is 14.4 Å². The van der Waals surface area contributed by atoms with E-state index in [4.69, 9.17) is 14.2 Å². The van der Waals surface area contributed by atoms with Crippen molar-refractivity contribution in [3.63, 3.8) is 0 Å². The summed E-state index contributed by atoms with van der Waals surface area (Å²) in [7, 11) is 0. The van der Waals surface area contributed by atoms with Gasteiger partial charge in [-0.25, -0.2) is 4.79 Å². The van der Waals surface area contributed by atoms with Gasteiger partial charge in [0.25, 0.3) is 0 Å². The predicted octanol–water partition coefficient (Wildman–Crippen LogP) is 3.24. The Hall–Kier alpha value is -3.35. The van der Waals surface area contributed by atoms with Crippen molar-refractivity contribution in [2.45, 2.75) is 19.8 Å². The van der Waals surface area contributed by atoms with Gasteiger partial charge in [-0.15, -0.1) is 0 Å². The van der Waals surface area contributed by atoms with Crippen LogP contribution < -0.4 is 14.8 Å². The number of hydrogen-bond acceptors (Lipinski definition) is 6. The SMILES string of the molecule is CCCC(=O)Nc1ccc(C(=O)COC(=O)c2ccc3c(c2)OCCO3)cc1. The van der Waals surface area contributed by atoms with Gasteiger partial charge in [0.15, 0.2) is 23.9 Å². The maximum absolute atomic E-state index is 12.2. The Balaban J connectivity index is 1.55. The number of nitrogens with one attached hydrogen (secondary N) is 1. The Morgan fingerprint density at radius 3 is 2.36 bits per heavy atom. The second-order valence-electron chi connectivity index (χ2n) is 6.23. The Labute approximate surface area is 162 Å². The van der Waals surface area contributed by atoms with Gasteiger partial charge in [-0.2, -0.15) is 0 Å². The van der Waals surface area contributed by atoms with Gasteiger partial charge in [0.05, 0.1) is 5.56 Å². The number of Topliss-reactive ketones (excluding diaryl/α,β-unsaturated/α-hetero) is 1. The van der Waals surface area contributed by atoms with Crippen molar-refractivity contribution >= 4 is 23.3 Å². The first-order valence-corrected chi connectivity index (χ1v) is 9.06. The lowest BCUT2D eigenvalue weighted by atomic mass is 10.1. The molecular weight excluding hydrogens is 362 g/mol. The fraction of sp³-hybridized carbons (Fsp3) is 0.286. The number of fused-ring (bicyclic) bond motifs is 1. The molecule has 1 aliphatic rings. The molecule has 2 aromatic carbocycles. The van der Waals surface area contributed by atoms with Gasteiger partial charge in [-0.3, -0.25) is 9.59 Å². The predicted molar refractivity (Wildman–Crippen MR) is 102 cm³/mol. The van der Waals surface area contributed by atoms with Crippen molar-refractivity contribution in [1.29, 1.82) is 0 Å². The van der Waals surface area contributed by atoms with Gasteiger partial charge in [0, 0.05) is 17.7 Å². The Bertz CT molecular complexity index is 875. The third kappa shape index (κ3) is 4.88. The lowest BCUT2D eigenvalue weighted by Gasteiger charge is -2.18. The first-order chi connectivity index (χ1) is 13.6. The second-order valence-corrected chi connectivity index (χ2v) is 6.23. The number of esters is 1. The molecule has 1 aliphatic heterocycles. The average Bonchev–Trinajstić information content (AvgIpc) is 2.72. The largest absolute Gasteiger partial charge is 0.486 e. The van der Waals surface area contributed by atoms with E-state index in [1.807, 2.05) is 6.92 Å². The lowest BCUT2D eigenvalue weighted by molar-refractivity contribution is -0.116. The van der Waals surface area contributed by atoms with Crippen LogP contribution in [0.3, 0.4) is 0 Å². The number of hydrogen-bond donors (Lipinski definition) is 1. The molecule has 0 fully saturated rings. The summed E-state index contributed by atoms with van der Waals surface area (Å²) in [5.74, 6) is 0.0266. The van der Waals surface area contributed by atoms with Crippen molar-refractivity contribution in [2.75, 3.05) is 25.1 Å². The first-order valence-electron chi connectivity index (χ1n) is 9.06. The summed E-state index contributed by atoms with van der Waals surface area (Å²) in [5.41, 5.74) is 1.29. The van der Waals surface area contributed by atoms with E-state index in [1.165, 1.54) is 6.07 Å². The monoisotopic (exact) mass is 383 g/mol. The number of amides is 1. The zero-order chi connectivity index (χ0) is 19.9. The van der Waals surface area contributed by atoms with Crippen molar-refractivity contribution in [1.82, 2.24) is 0 Å². The highest BCUT2D eigenvalue weighted by atomic mass is 16.6. The van der Waals surface area contributed by atoms with Crippen molar-refractivity contribution in [3.05, 3.63) is 53.6 Å². The number of benzene rings is 2. The molecule has 3 rings (SSSR count). The van der Waals surface area contributed by atoms with Gasteiger partial charge in [-0.05, 0) is 48.9 Å². The molecule has 0 spiro atoms. The standard InChI is InChI=1S/C21H21NO6/c1-2-3-20(24)22-16-7-4-14(5-8-16)17(23)13-28-21(25)15-6-9-18-19(12-15)27-11-10-26-18/h4-9,12H,2-3,10-11,13H2,1H3,(H,22,24). The maximum atomic E-state index is 12.2. The van der Waals surface area contributed by atoms with Crippen LogP contribution in [0.4, 0.5) is 5.69 Å². The van der Waals surface area contributed by atoms with Gasteiger partial charge in [-0.1, -0.05) is 6.92 Å². The molecule has 7 heteroatoms. The minimum Gasteiger partial charge on any atom is -0.486 e. The minimum absolute atomic E-state index is 0.0741. The Morgan fingerprint density at radius 2 is 1.64 bits per heavy atom. The van der Waals surface area contributed by atoms with Gasteiger partial charge >= 0.3 is 5.97 Å². The van der Waals surface area contributed by atoms with E-state index >= 15 is 0 Å². The van der Waals surface area contributed by atoms with Crippen LogP contribution in [0.2, 0.25) is 0 Å². The highest BCUT2D eigenvalue weighted by molar-refractivity contribution is 6.00. The number of rotatable bonds is 7. The van der Waals surface area contributed by atoms with Crippen LogP contribution in [0.5, 0.6) is 11.5 Å². The zero-order valence-electron chi connectivity index (χ0n) is 15.5. The molecule has 0 atom stereocenters. The molecule has 0 aromatic heterocycles. The van der Waals surface area contributed by atoms with Crippen LogP contribution >= 0.6 is 0 Å². The second kappa shape index (κ2) is 9.03. The van der Waals surface area contributed by atoms with E-state index in [-0.39, 0.29) is 23.9 Å². The van der Waals surface area contributed by atoms with E-state index in [0.717, 1.165) is 6.42 Å². The molecule has 1 N–H and O–H groups in total. The third-order valence-corrected chi connectivity index (χ3v) is 4.08. The van der Waals surface area contributed by atoms with Gasteiger partial charge < -0.3 is 19.5 Å². The Morgan fingerprint density at radius 1 is 0.964 bits per heavy atom. The van der Waals surface area contributed by atoms with Crippen molar-refractivity contribution < 1.29 is 28.6 Å². The molecule has 146 valence electrons. The van der Waals surface area contributed by atoms with Gasteiger partial charge in [0.1, 0.15) is 13.2 Å². The summed E-state index contributed by atoms with van der Waals surface area (Å²) in [6.45, 7) is 2.42. The number of ketones is 1. The smallest absolute Gasteiger partial charge is 0.338 e. The van der Waals surface area contributed by atoms with E-state index in [0.29, 0.717) is 42.4 Å².